The lowest BCUT2D eigenvalue weighted by atomic mass is 10.0. The van der Waals surface area contributed by atoms with E-state index in [1.807, 2.05) is 35.3 Å². The molecule has 0 spiro atoms. The van der Waals surface area contributed by atoms with Gasteiger partial charge in [-0.1, -0.05) is 12.1 Å². The molecule has 9 nitrogen and oxygen atoms in total. The number of hydrogen-bond donors (Lipinski definition) is 2. The van der Waals surface area contributed by atoms with Gasteiger partial charge in [-0.25, -0.2) is 10.4 Å². The molecule has 1 aromatic carbocycles. The highest BCUT2D eigenvalue weighted by Gasteiger charge is 2.51. The number of benzene rings is 1. The van der Waals surface area contributed by atoms with E-state index < -0.39 is 31.3 Å². The molecule has 2 fully saturated rings. The first-order valence-electron chi connectivity index (χ1n) is 13.4. The largest absolute Gasteiger partial charge is 0.497 e. The fraction of sp³-hybridized carbons (Fsp3) is 0.429. The van der Waals surface area contributed by atoms with Crippen molar-refractivity contribution in [2.75, 3.05) is 48.6 Å². The number of morpholine rings is 1. The topological polar surface area (TPSA) is 84.0 Å². The predicted molar refractivity (Wildman–Crippen MR) is 143 cm³/mol. The summed E-state index contributed by atoms with van der Waals surface area (Å²) in [6, 6.07) is 12.2. The number of pyridine rings is 2. The van der Waals surface area contributed by atoms with Crippen LogP contribution in [-0.2, 0) is 16.0 Å². The van der Waals surface area contributed by atoms with Crippen LogP contribution in [0.15, 0.2) is 54.9 Å². The van der Waals surface area contributed by atoms with Gasteiger partial charge in [-0.3, -0.25) is 9.72 Å². The number of nitrogens with one attached hydrogen (secondary N) is 2. The van der Waals surface area contributed by atoms with Gasteiger partial charge in [0, 0.05) is 42.9 Å². The minimum atomic E-state index is -4.00. The summed E-state index contributed by atoms with van der Waals surface area (Å²) >= 11 is 0. The number of anilines is 3. The SMILES string of the molecule is COc1ccc(CN2NC(c3cc(N4CC(F)(F)OC(F)(F)C4)ccn3)c3c2ccnc3NC2CCOCC2)cc1. The van der Waals surface area contributed by atoms with Crippen LogP contribution >= 0.6 is 0 Å². The normalized spacial score (nSPS) is 21.9. The van der Waals surface area contributed by atoms with Gasteiger partial charge in [0.1, 0.15) is 24.7 Å². The lowest BCUT2D eigenvalue weighted by molar-refractivity contribution is -0.380. The van der Waals surface area contributed by atoms with E-state index in [9.17, 15) is 17.6 Å². The summed E-state index contributed by atoms with van der Waals surface area (Å²) in [7, 11) is 1.61. The number of ether oxygens (including phenoxy) is 3. The molecule has 2 aromatic heterocycles. The summed E-state index contributed by atoms with van der Waals surface area (Å²) in [5.74, 6) is 1.41. The first kappa shape index (κ1) is 27.5. The Labute approximate surface area is 234 Å². The molecule has 2 saturated heterocycles. The molecule has 6 rings (SSSR count). The molecule has 5 heterocycles. The maximum atomic E-state index is 14.0. The smallest absolute Gasteiger partial charge is 0.377 e. The van der Waals surface area contributed by atoms with Crippen molar-refractivity contribution in [1.82, 2.24) is 15.4 Å². The second-order valence-corrected chi connectivity index (χ2v) is 10.3. The van der Waals surface area contributed by atoms with Crippen LogP contribution in [0.25, 0.3) is 0 Å². The van der Waals surface area contributed by atoms with Crippen LogP contribution in [0.2, 0.25) is 0 Å². The van der Waals surface area contributed by atoms with Gasteiger partial charge >= 0.3 is 12.2 Å². The first-order chi connectivity index (χ1) is 19.7. The zero-order valence-electron chi connectivity index (χ0n) is 22.3. The predicted octanol–water partition coefficient (Wildman–Crippen LogP) is 4.71. The lowest BCUT2D eigenvalue weighted by Crippen LogP contribution is -2.55. The molecule has 13 heteroatoms. The molecule has 3 aliphatic rings. The molecule has 0 saturated carbocycles. The zero-order valence-corrected chi connectivity index (χ0v) is 22.3. The van der Waals surface area contributed by atoms with Gasteiger partial charge < -0.3 is 24.7 Å². The van der Waals surface area contributed by atoms with E-state index in [1.54, 1.807) is 19.4 Å². The molecule has 1 atom stereocenters. The number of hydrogen-bond acceptors (Lipinski definition) is 9. The third-order valence-electron chi connectivity index (χ3n) is 7.37. The summed E-state index contributed by atoms with van der Waals surface area (Å²) in [6.45, 7) is -0.201. The van der Waals surface area contributed by atoms with Crippen LogP contribution in [0.3, 0.4) is 0 Å². The van der Waals surface area contributed by atoms with Crippen molar-refractivity contribution in [2.45, 2.75) is 43.7 Å². The van der Waals surface area contributed by atoms with Crippen LogP contribution in [-0.4, -0.2) is 61.6 Å². The Hall–Kier alpha value is -3.68. The summed E-state index contributed by atoms with van der Waals surface area (Å²) < 4.78 is 70.5. The van der Waals surface area contributed by atoms with Crippen molar-refractivity contribution >= 4 is 17.2 Å². The Kier molecular flexibility index (Phi) is 7.34. The number of hydrazine groups is 1. The van der Waals surface area contributed by atoms with Crippen LogP contribution in [0, 0.1) is 0 Å². The second kappa shape index (κ2) is 11.0. The molecule has 2 N–H and O–H groups in total. The number of nitrogens with zero attached hydrogens (tertiary/aromatic N) is 4. The monoisotopic (exact) mass is 574 g/mol. The van der Waals surface area contributed by atoms with E-state index in [4.69, 9.17) is 9.47 Å². The maximum Gasteiger partial charge on any atom is 0.377 e. The van der Waals surface area contributed by atoms with Crippen molar-refractivity contribution < 1.29 is 31.8 Å². The van der Waals surface area contributed by atoms with Gasteiger partial charge in [0.25, 0.3) is 0 Å². The van der Waals surface area contributed by atoms with Gasteiger partial charge in [-0.2, -0.15) is 17.6 Å². The van der Waals surface area contributed by atoms with E-state index in [-0.39, 0.29) is 11.7 Å². The average molecular weight is 575 g/mol. The highest BCUT2D eigenvalue weighted by Crippen LogP contribution is 2.42. The van der Waals surface area contributed by atoms with Crippen LogP contribution in [0.1, 0.15) is 35.7 Å². The molecule has 0 bridgehead atoms. The van der Waals surface area contributed by atoms with E-state index in [0.717, 1.165) is 40.3 Å². The van der Waals surface area contributed by atoms with Crippen molar-refractivity contribution in [3.63, 3.8) is 0 Å². The molecule has 218 valence electrons. The van der Waals surface area contributed by atoms with E-state index in [0.29, 0.717) is 31.3 Å². The third-order valence-corrected chi connectivity index (χ3v) is 7.37. The summed E-state index contributed by atoms with van der Waals surface area (Å²) in [6.07, 6.45) is -3.18. The summed E-state index contributed by atoms with van der Waals surface area (Å²) in [5.41, 5.74) is 6.86. The highest BCUT2D eigenvalue weighted by molar-refractivity contribution is 5.69. The van der Waals surface area contributed by atoms with Gasteiger partial charge in [0.15, 0.2) is 0 Å². The van der Waals surface area contributed by atoms with Gasteiger partial charge in [-0.15, -0.1) is 0 Å². The Bertz CT molecular complexity index is 1360. The van der Waals surface area contributed by atoms with Gasteiger partial charge in [-0.05, 0) is 48.7 Å². The van der Waals surface area contributed by atoms with E-state index in [2.05, 4.69) is 25.4 Å². The fourth-order valence-electron chi connectivity index (χ4n) is 5.44. The van der Waals surface area contributed by atoms with Crippen LogP contribution < -0.4 is 25.4 Å². The minimum Gasteiger partial charge on any atom is -0.497 e. The molecule has 3 aromatic rings. The lowest BCUT2D eigenvalue weighted by Gasteiger charge is -2.38. The Morgan fingerprint density at radius 2 is 1.71 bits per heavy atom. The molecular formula is C28H30F4N6O3. The highest BCUT2D eigenvalue weighted by atomic mass is 19.3. The van der Waals surface area contributed by atoms with Crippen molar-refractivity contribution in [1.29, 1.82) is 0 Å². The minimum absolute atomic E-state index is 0.163. The van der Waals surface area contributed by atoms with Crippen LogP contribution in [0.5, 0.6) is 5.75 Å². The van der Waals surface area contributed by atoms with Gasteiger partial charge in [0.05, 0.1) is 31.1 Å². The zero-order chi connectivity index (χ0) is 28.6. The Morgan fingerprint density at radius 3 is 2.41 bits per heavy atom. The van der Waals surface area contributed by atoms with Crippen molar-refractivity contribution in [3.05, 3.63) is 71.7 Å². The van der Waals surface area contributed by atoms with E-state index in [1.165, 1.54) is 12.3 Å². The molecule has 1 unspecified atom stereocenters. The first-order valence-corrected chi connectivity index (χ1v) is 13.4. The summed E-state index contributed by atoms with van der Waals surface area (Å²) in [5, 5.41) is 5.53. The molecule has 41 heavy (non-hydrogen) atoms. The summed E-state index contributed by atoms with van der Waals surface area (Å²) in [4.78, 5) is 10.1. The quantitative estimate of drug-likeness (QED) is 0.390. The average Bonchev–Trinajstić information content (AvgIpc) is 3.32. The number of alkyl halides is 4. The standard InChI is InChI=1S/C28H30F4N6O3/c1-39-21-4-2-18(3-5-21)15-38-23-7-11-34-26(35-19-8-12-40-13-9-19)24(23)25(36-38)22-14-20(6-10-33-22)37-16-27(29,30)41-28(31,32)17-37/h2-7,10-11,14,19,25,36H,8-9,12-13,15-17H2,1H3,(H,34,35). The number of fused-ring (bicyclic) bond motifs is 1. The van der Waals surface area contributed by atoms with Crippen LogP contribution in [0.4, 0.5) is 34.8 Å². The van der Waals surface area contributed by atoms with Gasteiger partial charge in [0.2, 0.25) is 0 Å². The maximum absolute atomic E-state index is 14.0. The van der Waals surface area contributed by atoms with E-state index >= 15 is 0 Å². The molecule has 3 aliphatic heterocycles. The van der Waals surface area contributed by atoms with Crippen molar-refractivity contribution in [2.24, 2.45) is 0 Å². The number of methoxy groups -OCH3 is 1. The molecular weight excluding hydrogens is 544 g/mol. The number of aromatic nitrogens is 2. The van der Waals surface area contributed by atoms with Crippen molar-refractivity contribution in [3.8, 4) is 5.75 Å². The Balaban J connectivity index is 1.34. The molecule has 0 radical (unpaired) electrons. The second-order valence-electron chi connectivity index (χ2n) is 10.3. The number of rotatable bonds is 7. The third kappa shape index (κ3) is 6.02. The molecule has 0 amide bonds. The molecule has 0 aliphatic carbocycles. The fourth-order valence-corrected chi connectivity index (χ4v) is 5.44. The Morgan fingerprint density at radius 1 is 1.00 bits per heavy atom. The number of halogens is 4.